The Morgan fingerprint density at radius 2 is 2.30 bits per heavy atom. The molecule has 0 atom stereocenters. The van der Waals surface area contributed by atoms with Crippen molar-refractivity contribution >= 4 is 39.8 Å². The number of nitrogens with one attached hydrogen (secondary N) is 1. The summed E-state index contributed by atoms with van der Waals surface area (Å²) in [5.74, 6) is 1.62. The molecule has 4 nitrogen and oxygen atoms in total. The smallest absolute Gasteiger partial charge is 0.250 e. The van der Waals surface area contributed by atoms with Gasteiger partial charge in [-0.05, 0) is 29.8 Å². The van der Waals surface area contributed by atoms with Crippen LogP contribution in [0.5, 0.6) is 0 Å². The van der Waals surface area contributed by atoms with Crippen molar-refractivity contribution in [1.29, 1.82) is 0 Å². The number of amides is 1. The number of hydrogen-bond acceptors (Lipinski definition) is 4. The van der Waals surface area contributed by atoms with Gasteiger partial charge in [-0.25, -0.2) is 5.43 Å². The van der Waals surface area contributed by atoms with Gasteiger partial charge >= 0.3 is 0 Å². The quantitative estimate of drug-likeness (QED) is 0.640. The second-order valence-corrected chi connectivity index (χ2v) is 5.83. The van der Waals surface area contributed by atoms with Crippen LogP contribution in [-0.2, 0) is 10.5 Å². The van der Waals surface area contributed by atoms with E-state index in [1.54, 1.807) is 30.2 Å². The first-order chi connectivity index (χ1) is 9.74. The van der Waals surface area contributed by atoms with Gasteiger partial charge in [-0.15, -0.1) is 11.8 Å². The number of nitrogens with zero attached hydrogens (tertiary/aromatic N) is 1. The summed E-state index contributed by atoms with van der Waals surface area (Å²) in [7, 11) is 0. The van der Waals surface area contributed by atoms with Crippen molar-refractivity contribution in [3.8, 4) is 0 Å². The largest absolute Gasteiger partial charge is 0.463 e. The molecular formula is C14H13BrN2O2S. The molecule has 0 aliphatic rings. The van der Waals surface area contributed by atoms with E-state index in [2.05, 4.69) is 26.5 Å². The van der Waals surface area contributed by atoms with Gasteiger partial charge in [0.25, 0.3) is 0 Å². The molecule has 2 aromatic rings. The monoisotopic (exact) mass is 352 g/mol. The third-order valence-electron chi connectivity index (χ3n) is 2.32. The number of benzene rings is 1. The number of furan rings is 1. The highest BCUT2D eigenvalue weighted by Gasteiger charge is 2.01. The minimum atomic E-state index is -0.132. The Morgan fingerprint density at radius 1 is 1.40 bits per heavy atom. The van der Waals surface area contributed by atoms with Crippen LogP contribution in [0, 0.1) is 0 Å². The van der Waals surface area contributed by atoms with E-state index in [9.17, 15) is 4.79 Å². The molecule has 6 heteroatoms. The van der Waals surface area contributed by atoms with Gasteiger partial charge < -0.3 is 4.42 Å². The van der Waals surface area contributed by atoms with Crippen molar-refractivity contribution in [2.75, 3.05) is 5.75 Å². The van der Waals surface area contributed by atoms with E-state index in [1.807, 2.05) is 24.3 Å². The Kier molecular flexibility index (Phi) is 5.88. The summed E-state index contributed by atoms with van der Waals surface area (Å²) in [5.41, 5.74) is 3.64. The number of carbonyl (C=O) groups excluding carboxylic acids is 1. The topological polar surface area (TPSA) is 54.6 Å². The minimum Gasteiger partial charge on any atom is -0.463 e. The Morgan fingerprint density at radius 3 is 3.05 bits per heavy atom. The molecule has 1 N–H and O–H groups in total. The Balaban J connectivity index is 1.68. The van der Waals surface area contributed by atoms with Crippen LogP contribution in [0.15, 0.2) is 56.7 Å². The van der Waals surface area contributed by atoms with Crippen LogP contribution in [0.2, 0.25) is 0 Å². The van der Waals surface area contributed by atoms with Crippen LogP contribution in [0.4, 0.5) is 0 Å². The molecule has 104 valence electrons. The summed E-state index contributed by atoms with van der Waals surface area (Å²) >= 11 is 4.96. The number of thioether (sulfide) groups is 1. The van der Waals surface area contributed by atoms with E-state index in [-0.39, 0.29) is 5.91 Å². The van der Waals surface area contributed by atoms with Crippen LogP contribution in [0.3, 0.4) is 0 Å². The highest BCUT2D eigenvalue weighted by Crippen LogP contribution is 2.16. The lowest BCUT2D eigenvalue weighted by Crippen LogP contribution is -2.19. The van der Waals surface area contributed by atoms with E-state index < -0.39 is 0 Å². The molecule has 0 saturated carbocycles. The van der Waals surface area contributed by atoms with Crippen molar-refractivity contribution < 1.29 is 9.21 Å². The Labute approximate surface area is 129 Å². The normalized spacial score (nSPS) is 10.8. The maximum Gasteiger partial charge on any atom is 0.250 e. The molecule has 0 aliphatic carbocycles. The first-order valence-electron chi connectivity index (χ1n) is 5.91. The molecule has 0 aliphatic heterocycles. The van der Waals surface area contributed by atoms with Gasteiger partial charge in [-0.2, -0.15) is 5.10 Å². The van der Waals surface area contributed by atoms with Crippen LogP contribution in [-0.4, -0.2) is 17.9 Å². The fourth-order valence-corrected chi connectivity index (χ4v) is 2.67. The van der Waals surface area contributed by atoms with Crippen molar-refractivity contribution in [3.05, 3.63) is 58.5 Å². The average Bonchev–Trinajstić information content (AvgIpc) is 2.92. The number of rotatable bonds is 6. The lowest BCUT2D eigenvalue weighted by molar-refractivity contribution is -0.118. The van der Waals surface area contributed by atoms with E-state index in [4.69, 9.17) is 4.42 Å². The predicted octanol–water partition coefficient (Wildman–Crippen LogP) is 3.43. The first kappa shape index (κ1) is 14.9. The molecule has 1 aromatic carbocycles. The second-order valence-electron chi connectivity index (χ2n) is 3.93. The summed E-state index contributed by atoms with van der Waals surface area (Å²) in [5, 5.41) is 3.81. The van der Waals surface area contributed by atoms with Crippen LogP contribution in [0.1, 0.15) is 11.3 Å². The van der Waals surface area contributed by atoms with Crippen molar-refractivity contribution in [2.45, 2.75) is 5.75 Å². The van der Waals surface area contributed by atoms with Gasteiger partial charge in [0.15, 0.2) is 0 Å². The summed E-state index contributed by atoms with van der Waals surface area (Å²) in [6.07, 6.45) is 3.02. The number of hydrazone groups is 1. The standard InChI is InChI=1S/C14H13BrN2O2S/c15-12-4-1-3-11(7-12)9-20-10-14(18)17-16-8-13-5-2-6-19-13/h1-8H,9-10H2,(H,17,18)/b16-8+. The molecule has 20 heavy (non-hydrogen) atoms. The third-order valence-corrected chi connectivity index (χ3v) is 3.81. The third kappa shape index (κ3) is 5.22. The van der Waals surface area contributed by atoms with Gasteiger partial charge in [0.05, 0.1) is 18.2 Å². The molecule has 0 bridgehead atoms. The average molecular weight is 353 g/mol. The summed E-state index contributed by atoms with van der Waals surface area (Å²) in [4.78, 5) is 11.5. The number of hydrogen-bond donors (Lipinski definition) is 1. The van der Waals surface area contributed by atoms with Crippen molar-refractivity contribution in [3.63, 3.8) is 0 Å². The molecule has 1 heterocycles. The SMILES string of the molecule is O=C(CSCc1cccc(Br)c1)N/N=C/c1ccco1. The lowest BCUT2D eigenvalue weighted by atomic mass is 10.2. The summed E-state index contributed by atoms with van der Waals surface area (Å²) in [6, 6.07) is 11.6. The fourth-order valence-electron chi connectivity index (χ4n) is 1.45. The van der Waals surface area contributed by atoms with E-state index in [1.165, 1.54) is 11.8 Å². The Bertz CT molecular complexity index is 585. The Hall–Kier alpha value is -1.53. The highest BCUT2D eigenvalue weighted by molar-refractivity contribution is 9.10. The number of halogens is 1. The van der Waals surface area contributed by atoms with Gasteiger partial charge in [0, 0.05) is 10.2 Å². The van der Waals surface area contributed by atoms with E-state index in [0.29, 0.717) is 11.5 Å². The first-order valence-corrected chi connectivity index (χ1v) is 7.86. The maximum absolute atomic E-state index is 11.5. The number of carbonyl (C=O) groups is 1. The molecule has 2 rings (SSSR count). The van der Waals surface area contributed by atoms with Gasteiger partial charge in [0.1, 0.15) is 5.76 Å². The second kappa shape index (κ2) is 7.91. The zero-order valence-corrected chi connectivity index (χ0v) is 13.0. The maximum atomic E-state index is 11.5. The van der Waals surface area contributed by atoms with Gasteiger partial charge in [-0.3, -0.25) is 4.79 Å². The lowest BCUT2D eigenvalue weighted by Gasteiger charge is -2.02. The molecule has 0 fully saturated rings. The van der Waals surface area contributed by atoms with Crippen LogP contribution >= 0.6 is 27.7 Å². The predicted molar refractivity (Wildman–Crippen MR) is 84.7 cm³/mol. The van der Waals surface area contributed by atoms with E-state index in [0.717, 1.165) is 10.2 Å². The van der Waals surface area contributed by atoms with Gasteiger partial charge in [0.2, 0.25) is 5.91 Å². The molecule has 0 radical (unpaired) electrons. The molecule has 1 aromatic heterocycles. The molecular weight excluding hydrogens is 340 g/mol. The molecule has 0 unspecified atom stereocenters. The fraction of sp³-hybridized carbons (Fsp3) is 0.143. The molecule has 1 amide bonds. The van der Waals surface area contributed by atoms with E-state index >= 15 is 0 Å². The molecule has 0 spiro atoms. The highest BCUT2D eigenvalue weighted by atomic mass is 79.9. The van der Waals surface area contributed by atoms with Crippen molar-refractivity contribution in [2.24, 2.45) is 5.10 Å². The van der Waals surface area contributed by atoms with Crippen LogP contribution in [0.25, 0.3) is 0 Å². The summed E-state index contributed by atoms with van der Waals surface area (Å²) in [6.45, 7) is 0. The zero-order valence-electron chi connectivity index (χ0n) is 10.6. The van der Waals surface area contributed by atoms with Crippen LogP contribution < -0.4 is 5.43 Å². The van der Waals surface area contributed by atoms with Crippen molar-refractivity contribution in [1.82, 2.24) is 5.43 Å². The molecule has 0 saturated heterocycles. The summed E-state index contributed by atoms with van der Waals surface area (Å²) < 4.78 is 6.10. The minimum absolute atomic E-state index is 0.132. The zero-order chi connectivity index (χ0) is 14.2. The van der Waals surface area contributed by atoms with Gasteiger partial charge in [-0.1, -0.05) is 28.1 Å².